The number of aromatic nitrogens is 2. The summed E-state index contributed by atoms with van der Waals surface area (Å²) in [5, 5.41) is 14.5. The average Bonchev–Trinajstić information content (AvgIpc) is 2.88. The van der Waals surface area contributed by atoms with Crippen LogP contribution in [0.4, 0.5) is 18.9 Å². The number of carbonyl (C=O) groups excluding carboxylic acids is 1. The zero-order valence-electron chi connectivity index (χ0n) is 12.6. The summed E-state index contributed by atoms with van der Waals surface area (Å²) in [5.41, 5.74) is -1.05. The summed E-state index contributed by atoms with van der Waals surface area (Å²) in [6.45, 7) is 1.62. The molecular formula is C15H12F3N3O3. The zero-order valence-corrected chi connectivity index (χ0v) is 12.6. The van der Waals surface area contributed by atoms with Crippen molar-refractivity contribution in [3.63, 3.8) is 0 Å². The topological polar surface area (TPSA) is 78.0 Å². The molecule has 126 valence electrons. The molecular weight excluding hydrogens is 327 g/mol. The lowest BCUT2D eigenvalue weighted by atomic mass is 9.94. The number of carbonyl (C=O) groups is 1. The highest BCUT2D eigenvalue weighted by Gasteiger charge is 2.42. The lowest BCUT2D eigenvalue weighted by molar-refractivity contribution is -0.384. The van der Waals surface area contributed by atoms with Gasteiger partial charge in [0.25, 0.3) is 5.69 Å². The average molecular weight is 339 g/mol. The molecule has 6 nitrogen and oxygen atoms in total. The molecule has 0 bridgehead atoms. The van der Waals surface area contributed by atoms with E-state index in [0.717, 1.165) is 4.68 Å². The molecule has 0 unspecified atom stereocenters. The number of hydrogen-bond donors (Lipinski definition) is 0. The van der Waals surface area contributed by atoms with Crippen molar-refractivity contribution in [3.05, 3.63) is 50.8 Å². The third-order valence-corrected chi connectivity index (χ3v) is 3.98. The summed E-state index contributed by atoms with van der Waals surface area (Å²) in [4.78, 5) is 22.3. The van der Waals surface area contributed by atoms with E-state index in [1.165, 1.54) is 18.2 Å². The number of halogens is 3. The molecule has 3 rings (SSSR count). The first-order valence-electron chi connectivity index (χ1n) is 7.18. The molecule has 2 aromatic rings. The summed E-state index contributed by atoms with van der Waals surface area (Å²) in [5.74, 6) is -0.599. The molecule has 1 aliphatic rings. The van der Waals surface area contributed by atoms with E-state index in [2.05, 4.69) is 5.10 Å². The first kappa shape index (κ1) is 16.2. The molecule has 1 aromatic heterocycles. The number of nitro benzene ring substituents is 1. The standard InChI is InChI=1S/C15H12F3N3O3/c1-8-5-6-9(21(23)24)7-11(8)20-10-3-2-4-12(22)13(10)14(19-20)15(16,17)18/h5-7H,2-4H2,1H3. The minimum atomic E-state index is -4.77. The highest BCUT2D eigenvalue weighted by Crippen LogP contribution is 2.37. The van der Waals surface area contributed by atoms with Gasteiger partial charge in [0.2, 0.25) is 0 Å². The van der Waals surface area contributed by atoms with Gasteiger partial charge in [0.1, 0.15) is 0 Å². The second-order valence-corrected chi connectivity index (χ2v) is 5.58. The third kappa shape index (κ3) is 2.55. The van der Waals surface area contributed by atoms with Crippen molar-refractivity contribution in [1.29, 1.82) is 0 Å². The number of nitrogens with zero attached hydrogens (tertiary/aromatic N) is 3. The Morgan fingerprint density at radius 2 is 2.00 bits per heavy atom. The molecule has 0 atom stereocenters. The van der Waals surface area contributed by atoms with E-state index < -0.39 is 28.1 Å². The minimum Gasteiger partial charge on any atom is -0.294 e. The Balaban J connectivity index is 2.29. The number of hydrogen-bond acceptors (Lipinski definition) is 4. The van der Waals surface area contributed by atoms with Crippen LogP contribution in [0.2, 0.25) is 0 Å². The predicted molar refractivity (Wildman–Crippen MR) is 77.2 cm³/mol. The van der Waals surface area contributed by atoms with Crippen LogP contribution >= 0.6 is 0 Å². The van der Waals surface area contributed by atoms with Gasteiger partial charge in [-0.2, -0.15) is 18.3 Å². The van der Waals surface area contributed by atoms with Crippen molar-refractivity contribution in [1.82, 2.24) is 9.78 Å². The summed E-state index contributed by atoms with van der Waals surface area (Å²) in [6.07, 6.45) is -4.05. The van der Waals surface area contributed by atoms with Crippen LogP contribution in [0.5, 0.6) is 0 Å². The normalized spacial score (nSPS) is 14.6. The lowest BCUT2D eigenvalue weighted by Crippen LogP contribution is -2.16. The van der Waals surface area contributed by atoms with Gasteiger partial charge in [-0.3, -0.25) is 14.9 Å². The van der Waals surface area contributed by atoms with Gasteiger partial charge < -0.3 is 0 Å². The van der Waals surface area contributed by atoms with Crippen molar-refractivity contribution < 1.29 is 22.9 Å². The number of aryl methyl sites for hydroxylation is 1. The van der Waals surface area contributed by atoms with E-state index in [1.807, 2.05) is 0 Å². The smallest absolute Gasteiger partial charge is 0.294 e. The quantitative estimate of drug-likeness (QED) is 0.618. The second kappa shape index (κ2) is 5.43. The monoisotopic (exact) mass is 339 g/mol. The van der Waals surface area contributed by atoms with Gasteiger partial charge in [-0.15, -0.1) is 0 Å². The van der Waals surface area contributed by atoms with Crippen LogP contribution in [0.15, 0.2) is 18.2 Å². The Hall–Kier alpha value is -2.71. The summed E-state index contributed by atoms with van der Waals surface area (Å²) < 4.78 is 40.8. The van der Waals surface area contributed by atoms with Crippen LogP contribution in [-0.4, -0.2) is 20.5 Å². The number of nitro groups is 1. The number of benzene rings is 1. The van der Waals surface area contributed by atoms with Crippen molar-refractivity contribution in [3.8, 4) is 5.69 Å². The first-order chi connectivity index (χ1) is 11.2. The van der Waals surface area contributed by atoms with Crippen molar-refractivity contribution >= 4 is 11.5 Å². The Bertz CT molecular complexity index is 856. The number of Topliss-reactive ketones (excluding diaryl/α,β-unsaturated/α-hetero) is 1. The number of fused-ring (bicyclic) bond motifs is 1. The second-order valence-electron chi connectivity index (χ2n) is 5.58. The van der Waals surface area contributed by atoms with E-state index in [1.54, 1.807) is 6.92 Å². The maximum atomic E-state index is 13.2. The molecule has 9 heteroatoms. The number of rotatable bonds is 2. The SMILES string of the molecule is Cc1ccc([N+](=O)[O-])cc1-n1nc(C(F)(F)F)c2c1CCCC2=O. The van der Waals surface area contributed by atoms with Crippen LogP contribution in [-0.2, 0) is 12.6 Å². The van der Waals surface area contributed by atoms with Crippen molar-refractivity contribution in [2.75, 3.05) is 0 Å². The molecule has 0 radical (unpaired) electrons. The molecule has 1 aromatic carbocycles. The van der Waals surface area contributed by atoms with Gasteiger partial charge in [0.15, 0.2) is 11.5 Å². The number of alkyl halides is 3. The third-order valence-electron chi connectivity index (χ3n) is 3.98. The van der Waals surface area contributed by atoms with Gasteiger partial charge in [-0.1, -0.05) is 6.07 Å². The van der Waals surface area contributed by atoms with E-state index in [0.29, 0.717) is 12.0 Å². The largest absolute Gasteiger partial charge is 0.435 e. The Kier molecular flexibility index (Phi) is 3.66. The van der Waals surface area contributed by atoms with Crippen molar-refractivity contribution in [2.24, 2.45) is 0 Å². The molecule has 0 saturated carbocycles. The minimum absolute atomic E-state index is 0.0374. The number of non-ortho nitro benzene ring substituents is 1. The number of ketones is 1. The van der Waals surface area contributed by atoms with Gasteiger partial charge in [-0.25, -0.2) is 4.68 Å². The fourth-order valence-electron chi connectivity index (χ4n) is 2.86. The van der Waals surface area contributed by atoms with E-state index in [-0.39, 0.29) is 29.9 Å². The van der Waals surface area contributed by atoms with E-state index in [4.69, 9.17) is 0 Å². The first-order valence-corrected chi connectivity index (χ1v) is 7.18. The highest BCUT2D eigenvalue weighted by atomic mass is 19.4. The van der Waals surface area contributed by atoms with Crippen molar-refractivity contribution in [2.45, 2.75) is 32.4 Å². The lowest BCUT2D eigenvalue weighted by Gasteiger charge is -2.14. The van der Waals surface area contributed by atoms with Gasteiger partial charge in [0.05, 0.1) is 21.9 Å². The molecule has 0 amide bonds. The Labute approximate surface area is 134 Å². The Morgan fingerprint density at radius 1 is 1.29 bits per heavy atom. The molecule has 0 spiro atoms. The van der Waals surface area contributed by atoms with Gasteiger partial charge in [-0.05, 0) is 25.3 Å². The van der Waals surface area contributed by atoms with Crippen LogP contribution in [0.3, 0.4) is 0 Å². The summed E-state index contributed by atoms with van der Waals surface area (Å²) in [6, 6.07) is 3.88. The molecule has 0 fully saturated rings. The fraction of sp³-hybridized carbons (Fsp3) is 0.333. The maximum Gasteiger partial charge on any atom is 0.435 e. The van der Waals surface area contributed by atoms with Gasteiger partial charge >= 0.3 is 6.18 Å². The predicted octanol–water partition coefficient (Wildman–Crippen LogP) is 3.63. The molecule has 0 saturated heterocycles. The highest BCUT2D eigenvalue weighted by molar-refractivity contribution is 5.99. The fourth-order valence-corrected chi connectivity index (χ4v) is 2.86. The molecule has 0 N–H and O–H groups in total. The molecule has 0 aliphatic heterocycles. The zero-order chi connectivity index (χ0) is 17.6. The molecule has 24 heavy (non-hydrogen) atoms. The molecule has 1 aliphatic carbocycles. The van der Waals surface area contributed by atoms with E-state index in [9.17, 15) is 28.1 Å². The Morgan fingerprint density at radius 3 is 2.62 bits per heavy atom. The van der Waals surface area contributed by atoms with E-state index >= 15 is 0 Å². The van der Waals surface area contributed by atoms with Gasteiger partial charge in [0, 0.05) is 18.6 Å². The molecule has 1 heterocycles. The van der Waals surface area contributed by atoms with Crippen LogP contribution in [0, 0.1) is 17.0 Å². The van der Waals surface area contributed by atoms with Crippen LogP contribution in [0.25, 0.3) is 5.69 Å². The van der Waals surface area contributed by atoms with Crippen LogP contribution in [0.1, 0.15) is 40.2 Å². The van der Waals surface area contributed by atoms with Crippen LogP contribution < -0.4 is 0 Å². The summed E-state index contributed by atoms with van der Waals surface area (Å²) in [7, 11) is 0. The summed E-state index contributed by atoms with van der Waals surface area (Å²) >= 11 is 0. The maximum absolute atomic E-state index is 13.2.